The van der Waals surface area contributed by atoms with Crippen LogP contribution in [0.15, 0.2) is 0 Å². The second kappa shape index (κ2) is 7.42. The Morgan fingerprint density at radius 2 is 2.10 bits per heavy atom. The molecule has 2 heteroatoms. The molecule has 0 saturated heterocycles. The molecule has 0 aliphatic carbocycles. The minimum Gasteiger partial charge on any atom is -0.313 e. The third kappa shape index (κ3) is 5.12. The van der Waals surface area contributed by atoms with Crippen molar-refractivity contribution in [2.75, 3.05) is 18.6 Å². The van der Waals surface area contributed by atoms with Crippen molar-refractivity contribution in [3.05, 3.63) is 0 Å². The second-order valence-corrected chi connectivity index (χ2v) is 3.43. The quantitative estimate of drug-likeness (QED) is 0.640. The fourth-order valence-electron chi connectivity index (χ4n) is 0.871. The molecule has 0 spiro atoms. The van der Waals surface area contributed by atoms with Crippen LogP contribution in [-0.2, 0) is 0 Å². The molecule has 0 aliphatic heterocycles. The Hall–Kier alpha value is 0.310. The highest BCUT2D eigenvalue weighted by atomic mass is 32.2. The van der Waals surface area contributed by atoms with Gasteiger partial charge in [-0.1, -0.05) is 13.8 Å². The van der Waals surface area contributed by atoms with Gasteiger partial charge in [0.1, 0.15) is 0 Å². The summed E-state index contributed by atoms with van der Waals surface area (Å²) in [6.45, 7) is 5.61. The average molecular weight is 161 g/mol. The second-order valence-electron chi connectivity index (χ2n) is 2.51. The van der Waals surface area contributed by atoms with Gasteiger partial charge in [0.2, 0.25) is 0 Å². The Bertz CT molecular complexity index is 66.3. The molecule has 0 amide bonds. The van der Waals surface area contributed by atoms with E-state index in [1.807, 2.05) is 11.8 Å². The zero-order valence-corrected chi connectivity index (χ0v) is 8.13. The lowest BCUT2D eigenvalue weighted by Gasteiger charge is -2.14. The van der Waals surface area contributed by atoms with Crippen molar-refractivity contribution in [2.45, 2.75) is 32.7 Å². The van der Waals surface area contributed by atoms with Gasteiger partial charge in [-0.3, -0.25) is 0 Å². The summed E-state index contributed by atoms with van der Waals surface area (Å²) < 4.78 is 0. The van der Waals surface area contributed by atoms with E-state index in [1.165, 1.54) is 25.1 Å². The minimum absolute atomic E-state index is 0.731. The SMILES string of the molecule is CCCNC(CC)CSC. The van der Waals surface area contributed by atoms with E-state index in [0.29, 0.717) is 0 Å². The van der Waals surface area contributed by atoms with Crippen LogP contribution < -0.4 is 5.32 Å². The van der Waals surface area contributed by atoms with Gasteiger partial charge in [0, 0.05) is 11.8 Å². The number of hydrogen-bond donors (Lipinski definition) is 1. The van der Waals surface area contributed by atoms with Gasteiger partial charge in [-0.15, -0.1) is 0 Å². The lowest BCUT2D eigenvalue weighted by molar-refractivity contribution is 0.540. The first kappa shape index (κ1) is 10.3. The number of hydrogen-bond acceptors (Lipinski definition) is 2. The molecule has 62 valence electrons. The summed E-state index contributed by atoms with van der Waals surface area (Å²) >= 11 is 1.92. The summed E-state index contributed by atoms with van der Waals surface area (Å²) in [6, 6.07) is 0.731. The summed E-state index contributed by atoms with van der Waals surface area (Å²) in [5, 5.41) is 3.50. The maximum absolute atomic E-state index is 3.50. The van der Waals surface area contributed by atoms with E-state index >= 15 is 0 Å². The molecular weight excluding hydrogens is 142 g/mol. The van der Waals surface area contributed by atoms with Gasteiger partial charge >= 0.3 is 0 Å². The van der Waals surface area contributed by atoms with Crippen LogP contribution in [0.2, 0.25) is 0 Å². The van der Waals surface area contributed by atoms with Crippen molar-refractivity contribution in [2.24, 2.45) is 0 Å². The van der Waals surface area contributed by atoms with Crippen molar-refractivity contribution in [1.82, 2.24) is 5.32 Å². The third-order valence-corrected chi connectivity index (χ3v) is 2.28. The van der Waals surface area contributed by atoms with E-state index in [4.69, 9.17) is 0 Å². The van der Waals surface area contributed by atoms with Crippen molar-refractivity contribution in [3.63, 3.8) is 0 Å². The van der Waals surface area contributed by atoms with Gasteiger partial charge in [0.25, 0.3) is 0 Å². The predicted molar refractivity (Wildman–Crippen MR) is 50.8 cm³/mol. The van der Waals surface area contributed by atoms with Crippen molar-refractivity contribution in [1.29, 1.82) is 0 Å². The molecule has 1 nitrogen and oxygen atoms in total. The number of nitrogens with one attached hydrogen (secondary N) is 1. The number of thioether (sulfide) groups is 1. The maximum Gasteiger partial charge on any atom is 0.0155 e. The highest BCUT2D eigenvalue weighted by molar-refractivity contribution is 7.98. The largest absolute Gasteiger partial charge is 0.313 e. The molecule has 1 N–H and O–H groups in total. The zero-order chi connectivity index (χ0) is 7.82. The van der Waals surface area contributed by atoms with Crippen molar-refractivity contribution in [3.8, 4) is 0 Å². The molecule has 0 aliphatic rings. The summed E-state index contributed by atoms with van der Waals surface area (Å²) in [5.41, 5.74) is 0. The first-order chi connectivity index (χ1) is 4.85. The molecule has 0 radical (unpaired) electrons. The van der Waals surface area contributed by atoms with Gasteiger partial charge in [-0.25, -0.2) is 0 Å². The maximum atomic E-state index is 3.50. The van der Waals surface area contributed by atoms with Crippen LogP contribution in [-0.4, -0.2) is 24.6 Å². The Kier molecular flexibility index (Phi) is 7.65. The Balaban J connectivity index is 3.21. The molecule has 0 rings (SSSR count). The van der Waals surface area contributed by atoms with Crippen LogP contribution in [0.1, 0.15) is 26.7 Å². The third-order valence-electron chi connectivity index (χ3n) is 1.54. The normalized spacial score (nSPS) is 13.5. The topological polar surface area (TPSA) is 12.0 Å². The molecule has 1 atom stereocenters. The molecule has 10 heavy (non-hydrogen) atoms. The molecule has 0 heterocycles. The molecule has 0 bridgehead atoms. The van der Waals surface area contributed by atoms with Crippen LogP contribution in [0.3, 0.4) is 0 Å². The van der Waals surface area contributed by atoms with Gasteiger partial charge in [0.05, 0.1) is 0 Å². The Morgan fingerprint density at radius 1 is 1.40 bits per heavy atom. The molecular formula is C8H19NS. The van der Waals surface area contributed by atoms with Crippen LogP contribution in [0.5, 0.6) is 0 Å². The number of rotatable bonds is 6. The van der Waals surface area contributed by atoms with Crippen molar-refractivity contribution >= 4 is 11.8 Å². The molecule has 0 aromatic heterocycles. The van der Waals surface area contributed by atoms with Crippen LogP contribution in [0.4, 0.5) is 0 Å². The molecule has 0 saturated carbocycles. The molecule has 0 aromatic carbocycles. The fraction of sp³-hybridized carbons (Fsp3) is 1.00. The van der Waals surface area contributed by atoms with Gasteiger partial charge in [0.15, 0.2) is 0 Å². The smallest absolute Gasteiger partial charge is 0.0155 e. The lowest BCUT2D eigenvalue weighted by atomic mass is 10.2. The van der Waals surface area contributed by atoms with E-state index in [2.05, 4.69) is 25.4 Å². The van der Waals surface area contributed by atoms with Gasteiger partial charge in [-0.05, 0) is 25.6 Å². The monoisotopic (exact) mass is 161 g/mol. The van der Waals surface area contributed by atoms with Gasteiger partial charge < -0.3 is 5.32 Å². The highest BCUT2D eigenvalue weighted by Gasteiger charge is 2.01. The summed E-state index contributed by atoms with van der Waals surface area (Å²) in [6.07, 6.45) is 4.65. The van der Waals surface area contributed by atoms with Gasteiger partial charge in [-0.2, -0.15) is 11.8 Å². The van der Waals surface area contributed by atoms with E-state index in [0.717, 1.165) is 6.04 Å². The Labute approximate surface area is 69.0 Å². The van der Waals surface area contributed by atoms with E-state index < -0.39 is 0 Å². The van der Waals surface area contributed by atoms with Crippen LogP contribution >= 0.6 is 11.8 Å². The summed E-state index contributed by atoms with van der Waals surface area (Å²) in [4.78, 5) is 0. The molecule has 0 aromatic rings. The first-order valence-electron chi connectivity index (χ1n) is 4.07. The molecule has 0 fully saturated rings. The summed E-state index contributed by atoms with van der Waals surface area (Å²) in [5.74, 6) is 1.25. The van der Waals surface area contributed by atoms with E-state index in [9.17, 15) is 0 Å². The van der Waals surface area contributed by atoms with E-state index in [1.54, 1.807) is 0 Å². The predicted octanol–water partition coefficient (Wildman–Crippen LogP) is 2.13. The van der Waals surface area contributed by atoms with Crippen LogP contribution in [0, 0.1) is 0 Å². The summed E-state index contributed by atoms with van der Waals surface area (Å²) in [7, 11) is 0. The Morgan fingerprint density at radius 3 is 2.50 bits per heavy atom. The van der Waals surface area contributed by atoms with E-state index in [-0.39, 0.29) is 0 Å². The van der Waals surface area contributed by atoms with Crippen molar-refractivity contribution < 1.29 is 0 Å². The first-order valence-corrected chi connectivity index (χ1v) is 5.46. The standard InChI is InChI=1S/C8H19NS/c1-4-6-9-8(5-2)7-10-3/h8-9H,4-7H2,1-3H3. The highest BCUT2D eigenvalue weighted by Crippen LogP contribution is 2.00. The fourth-order valence-corrected chi connectivity index (χ4v) is 1.63. The average Bonchev–Trinajstić information content (AvgIpc) is 1.98. The minimum atomic E-state index is 0.731. The lowest BCUT2D eigenvalue weighted by Crippen LogP contribution is -2.31. The molecule has 1 unspecified atom stereocenters. The van der Waals surface area contributed by atoms with Crippen LogP contribution in [0.25, 0.3) is 0 Å². The zero-order valence-electron chi connectivity index (χ0n) is 7.31.